The number of nitrogens with one attached hydrogen (secondary N) is 2. The maximum atomic E-state index is 11.5. The zero-order valence-corrected chi connectivity index (χ0v) is 19.0. The first-order chi connectivity index (χ1) is 16.1. The number of aliphatic hydroxyl groups is 6. The molecule has 0 bridgehead atoms. The van der Waals surface area contributed by atoms with Crippen molar-refractivity contribution in [3.63, 3.8) is 0 Å². The number of hydrogen-bond donors (Lipinski definition) is 8. The number of rotatable bonds is 4. The van der Waals surface area contributed by atoms with Gasteiger partial charge in [0.25, 0.3) is 11.1 Å². The highest BCUT2D eigenvalue weighted by Gasteiger charge is 2.44. The molecule has 2 aliphatic rings. The molecule has 2 saturated heterocycles. The van der Waals surface area contributed by atoms with Crippen LogP contribution in [-0.2, 0) is 0 Å². The van der Waals surface area contributed by atoms with Crippen molar-refractivity contribution in [1.29, 1.82) is 0 Å². The Bertz CT molecular complexity index is 1120. The van der Waals surface area contributed by atoms with Gasteiger partial charge >= 0.3 is 11.4 Å². The van der Waals surface area contributed by atoms with Gasteiger partial charge in [-0.2, -0.15) is 0 Å². The topological polar surface area (TPSA) is 231 Å². The van der Waals surface area contributed by atoms with Crippen LogP contribution in [0.4, 0.5) is 0 Å². The lowest BCUT2D eigenvalue weighted by molar-refractivity contribution is 0.0101. The summed E-state index contributed by atoms with van der Waals surface area (Å²) in [4.78, 5) is 49.0. The van der Waals surface area contributed by atoms with Crippen LogP contribution in [0.25, 0.3) is 0 Å². The number of hydrogen-bond acceptors (Lipinski definition) is 12. The van der Waals surface area contributed by atoms with Gasteiger partial charge in [0.1, 0.15) is 23.0 Å². The lowest BCUT2D eigenvalue weighted by Gasteiger charge is -2.17. The molecule has 188 valence electrons. The molecule has 0 aliphatic carbocycles. The van der Waals surface area contributed by atoms with E-state index in [0.29, 0.717) is 0 Å². The van der Waals surface area contributed by atoms with Gasteiger partial charge in [0.15, 0.2) is 0 Å². The van der Waals surface area contributed by atoms with E-state index in [-0.39, 0.29) is 13.2 Å². The quantitative estimate of drug-likeness (QED) is 0.191. The predicted octanol–water partition coefficient (Wildman–Crippen LogP) is -4.27. The zero-order valence-electron chi connectivity index (χ0n) is 17.4. The van der Waals surface area contributed by atoms with Crippen molar-refractivity contribution in [3.8, 4) is 0 Å². The molecule has 2 aliphatic heterocycles. The summed E-state index contributed by atoms with van der Waals surface area (Å²) in [6, 6.07) is 2.32. The van der Waals surface area contributed by atoms with Crippen molar-refractivity contribution in [1.82, 2.24) is 19.1 Å². The van der Waals surface area contributed by atoms with Crippen molar-refractivity contribution < 1.29 is 30.6 Å². The molecule has 8 N–H and O–H groups in total. The van der Waals surface area contributed by atoms with Gasteiger partial charge < -0.3 is 30.6 Å². The molecular weight excluding hydrogens is 496 g/mol. The van der Waals surface area contributed by atoms with Gasteiger partial charge in [-0.05, 0) is 0 Å². The van der Waals surface area contributed by atoms with Crippen molar-refractivity contribution >= 4 is 23.5 Å². The SMILES string of the molecule is O=c1ccn(C2SC(CO)C(O)C2O)c(=O)[nH]1.O=c1ccn(C2SC(CO)C(O)C2O)c(=O)[nH]1. The molecule has 4 heterocycles. The lowest BCUT2D eigenvalue weighted by atomic mass is 10.1. The van der Waals surface area contributed by atoms with Crippen molar-refractivity contribution in [2.24, 2.45) is 0 Å². The number of thioether (sulfide) groups is 2. The van der Waals surface area contributed by atoms with Crippen LogP contribution >= 0.6 is 23.5 Å². The molecule has 0 amide bonds. The zero-order chi connectivity index (χ0) is 25.2. The summed E-state index contributed by atoms with van der Waals surface area (Å²) in [5, 5.41) is 54.2. The summed E-state index contributed by atoms with van der Waals surface area (Å²) >= 11 is 2.18. The van der Waals surface area contributed by atoms with Gasteiger partial charge in [0, 0.05) is 24.5 Å². The van der Waals surface area contributed by atoms with E-state index >= 15 is 0 Å². The normalized spacial score (nSPS) is 32.9. The van der Waals surface area contributed by atoms with E-state index in [9.17, 15) is 39.6 Å². The van der Waals surface area contributed by atoms with Gasteiger partial charge in [-0.25, -0.2) is 9.59 Å². The summed E-state index contributed by atoms with van der Waals surface area (Å²) in [7, 11) is 0. The minimum atomic E-state index is -1.17. The van der Waals surface area contributed by atoms with Gasteiger partial charge in [0.05, 0.1) is 35.9 Å². The molecule has 34 heavy (non-hydrogen) atoms. The fourth-order valence-electron chi connectivity index (χ4n) is 3.48. The van der Waals surface area contributed by atoms with E-state index in [1.165, 1.54) is 12.4 Å². The third-order valence-electron chi connectivity index (χ3n) is 5.28. The van der Waals surface area contributed by atoms with Crippen LogP contribution in [0.1, 0.15) is 10.7 Å². The highest BCUT2D eigenvalue weighted by molar-refractivity contribution is 8.00. The van der Waals surface area contributed by atoms with E-state index in [1.54, 1.807) is 0 Å². The Labute approximate surface area is 198 Å². The van der Waals surface area contributed by atoms with Crippen LogP contribution in [0, 0.1) is 0 Å². The summed E-state index contributed by atoms with van der Waals surface area (Å²) < 4.78 is 2.27. The molecular formula is C18H24N4O10S2. The Morgan fingerprint density at radius 2 is 1.03 bits per heavy atom. The summed E-state index contributed by atoms with van der Waals surface area (Å²) in [6.45, 7) is -0.588. The largest absolute Gasteiger partial charge is 0.395 e. The third kappa shape index (κ3) is 5.38. The second-order valence-electron chi connectivity index (χ2n) is 7.49. The number of nitrogens with zero attached hydrogens (tertiary/aromatic N) is 2. The monoisotopic (exact) mass is 520 g/mol. The lowest BCUT2D eigenvalue weighted by Crippen LogP contribution is -2.37. The summed E-state index contributed by atoms with van der Waals surface area (Å²) in [5.74, 6) is 0. The average molecular weight is 521 g/mol. The Hall–Kier alpha value is -2.18. The number of H-pyrrole nitrogens is 2. The van der Waals surface area contributed by atoms with Crippen molar-refractivity contribution in [2.75, 3.05) is 13.2 Å². The Kier molecular flexibility index (Phi) is 8.58. The molecule has 4 rings (SSSR count). The van der Waals surface area contributed by atoms with E-state index in [4.69, 9.17) is 10.2 Å². The second kappa shape index (κ2) is 11.0. The molecule has 2 fully saturated rings. The highest BCUT2D eigenvalue weighted by atomic mass is 32.2. The molecule has 0 radical (unpaired) electrons. The van der Waals surface area contributed by atoms with Gasteiger partial charge in [-0.1, -0.05) is 0 Å². The smallest absolute Gasteiger partial charge is 0.329 e. The number of aliphatic hydroxyl groups excluding tert-OH is 6. The molecule has 2 aromatic rings. The second-order valence-corrected chi connectivity index (χ2v) is 10.2. The predicted molar refractivity (Wildman–Crippen MR) is 122 cm³/mol. The molecule has 0 saturated carbocycles. The van der Waals surface area contributed by atoms with Gasteiger partial charge in [-0.3, -0.25) is 28.7 Å². The Morgan fingerprint density at radius 1 is 0.676 bits per heavy atom. The Morgan fingerprint density at radius 3 is 1.29 bits per heavy atom. The highest BCUT2D eigenvalue weighted by Crippen LogP contribution is 2.41. The van der Waals surface area contributed by atoms with Gasteiger partial charge in [-0.15, -0.1) is 23.5 Å². The maximum Gasteiger partial charge on any atom is 0.329 e. The number of aromatic nitrogens is 4. The van der Waals surface area contributed by atoms with Gasteiger partial charge in [0.2, 0.25) is 0 Å². The van der Waals surface area contributed by atoms with E-state index in [0.717, 1.165) is 44.8 Å². The first kappa shape index (κ1) is 26.4. The van der Waals surface area contributed by atoms with Crippen molar-refractivity contribution in [3.05, 3.63) is 66.2 Å². The van der Waals surface area contributed by atoms with Crippen LogP contribution in [0.2, 0.25) is 0 Å². The first-order valence-corrected chi connectivity index (χ1v) is 11.9. The minimum absolute atomic E-state index is 0.294. The molecule has 16 heteroatoms. The minimum Gasteiger partial charge on any atom is -0.395 e. The summed E-state index contributed by atoms with van der Waals surface area (Å²) in [6.07, 6.45) is -2.02. The maximum absolute atomic E-state index is 11.5. The molecule has 0 aromatic carbocycles. The average Bonchev–Trinajstić information content (AvgIpc) is 3.24. The van der Waals surface area contributed by atoms with Crippen LogP contribution in [-0.4, -0.2) is 97.9 Å². The third-order valence-corrected chi connectivity index (χ3v) is 8.41. The first-order valence-electron chi connectivity index (χ1n) is 9.97. The molecule has 8 atom stereocenters. The van der Waals surface area contributed by atoms with Crippen LogP contribution in [0.15, 0.2) is 43.7 Å². The standard InChI is InChI=1S/2C9H12N2O5S/c2*12-3-4-6(14)7(15)8(17-4)11-2-1-5(13)10-9(11)16/h2*1-2,4,6-8,12,14-15H,3H2,(H,10,13,16). The fraction of sp³-hybridized carbons (Fsp3) is 0.556. The van der Waals surface area contributed by atoms with E-state index < -0.39 is 68.2 Å². The van der Waals surface area contributed by atoms with E-state index in [1.807, 2.05) is 0 Å². The fourth-order valence-corrected chi connectivity index (χ4v) is 6.25. The van der Waals surface area contributed by atoms with Crippen LogP contribution in [0.3, 0.4) is 0 Å². The molecule has 2 aromatic heterocycles. The molecule has 0 spiro atoms. The van der Waals surface area contributed by atoms with Crippen LogP contribution in [0.5, 0.6) is 0 Å². The number of aromatic amines is 2. The van der Waals surface area contributed by atoms with Crippen LogP contribution < -0.4 is 22.5 Å². The van der Waals surface area contributed by atoms with Crippen molar-refractivity contribution in [2.45, 2.75) is 45.7 Å². The summed E-state index contributed by atoms with van der Waals surface area (Å²) in [5.41, 5.74) is -2.36. The van der Waals surface area contributed by atoms with E-state index in [2.05, 4.69) is 9.97 Å². The molecule has 8 unspecified atom stereocenters. The molecule has 14 nitrogen and oxygen atoms in total. The Balaban J connectivity index is 0.000000191.